The number of urea groups is 1. The van der Waals surface area contributed by atoms with E-state index in [9.17, 15) is 0 Å². The highest BCUT2D eigenvalue weighted by molar-refractivity contribution is 5.75. The standard InChI is InChI=1S/CH4N2O.Mg.H2O.2H/c2-1(3)4;;;;/h(H4,2,3,4);;1H2;;. The summed E-state index contributed by atoms with van der Waals surface area (Å²) in [5.74, 6) is 0. The minimum atomic E-state index is -0.833. The van der Waals surface area contributed by atoms with E-state index in [0.29, 0.717) is 0 Å². The van der Waals surface area contributed by atoms with Crippen molar-refractivity contribution in [2.75, 3.05) is 0 Å². The fourth-order valence-electron chi connectivity index (χ4n) is 0. The summed E-state index contributed by atoms with van der Waals surface area (Å²) >= 11 is 0. The molecular weight excluding hydrogens is 96.3 g/mol. The number of hydrogen-bond acceptors (Lipinski definition) is 1. The monoisotopic (exact) mass is 104 g/mol. The summed E-state index contributed by atoms with van der Waals surface area (Å²) in [6, 6.07) is -0.833. The minimum Gasteiger partial charge on any atom is -0.412 e. The van der Waals surface area contributed by atoms with Crippen LogP contribution in [-0.2, 0) is 0 Å². The molecule has 6 heavy (non-hydrogen) atoms. The van der Waals surface area contributed by atoms with E-state index < -0.39 is 6.03 Å². The van der Waals surface area contributed by atoms with E-state index in [4.69, 9.17) is 4.79 Å². The normalized spacial score (nSPS) is 4.00. The van der Waals surface area contributed by atoms with E-state index in [1.54, 1.807) is 0 Å². The predicted molar refractivity (Wildman–Crippen MR) is 25.9 cm³/mol. The molecule has 0 aliphatic rings. The van der Waals surface area contributed by atoms with Gasteiger partial charge in [0.2, 0.25) is 0 Å². The second-order valence-corrected chi connectivity index (χ2v) is 0.402. The second-order valence-electron chi connectivity index (χ2n) is 0.402. The van der Waals surface area contributed by atoms with E-state index >= 15 is 0 Å². The smallest absolute Gasteiger partial charge is 0.316 e. The molecule has 0 aliphatic carbocycles. The van der Waals surface area contributed by atoms with E-state index in [1.807, 2.05) is 0 Å². The fraction of sp³-hybridized carbons (Fsp3) is 0. The molecule has 0 aliphatic heterocycles. The fourth-order valence-corrected chi connectivity index (χ4v) is 0. The van der Waals surface area contributed by atoms with Gasteiger partial charge in [0, 0.05) is 0 Å². The summed E-state index contributed by atoms with van der Waals surface area (Å²) in [5, 5.41) is 0. The van der Waals surface area contributed by atoms with Crippen LogP contribution >= 0.6 is 0 Å². The Morgan fingerprint density at radius 1 is 1.33 bits per heavy atom. The zero-order valence-corrected chi connectivity index (χ0v) is 2.56. The molecule has 2 amide bonds. The Kier molecular flexibility index (Phi) is 24.7. The molecule has 0 bridgehead atoms. The van der Waals surface area contributed by atoms with Crippen LogP contribution in [0.4, 0.5) is 4.79 Å². The maximum Gasteiger partial charge on any atom is 0.316 e. The lowest BCUT2D eigenvalue weighted by molar-refractivity contribution is 0.256. The second kappa shape index (κ2) is 8.89. The van der Waals surface area contributed by atoms with Crippen molar-refractivity contribution in [3.63, 3.8) is 0 Å². The zero-order valence-electron chi connectivity index (χ0n) is 2.56. The van der Waals surface area contributed by atoms with Crippen molar-refractivity contribution < 1.29 is 10.3 Å². The first-order valence-corrected chi connectivity index (χ1v) is 0.781. The number of carbonyl (C=O) groups is 1. The van der Waals surface area contributed by atoms with Gasteiger partial charge in [-0.3, -0.25) is 0 Å². The quantitative estimate of drug-likeness (QED) is 0.321. The average Bonchev–Trinajstić information content (AvgIpc) is 0.811. The number of primary amides is 2. The largest absolute Gasteiger partial charge is 0.412 e. The lowest BCUT2D eigenvalue weighted by Gasteiger charge is -1.62. The summed E-state index contributed by atoms with van der Waals surface area (Å²) in [6.07, 6.45) is 0. The van der Waals surface area contributed by atoms with Gasteiger partial charge in [-0.05, 0) is 0 Å². The molecule has 0 aromatic heterocycles. The van der Waals surface area contributed by atoms with Gasteiger partial charge in [0.25, 0.3) is 0 Å². The molecule has 0 saturated heterocycles. The van der Waals surface area contributed by atoms with Gasteiger partial charge in [-0.25, -0.2) is 4.79 Å². The molecule has 0 aromatic rings. The first-order chi connectivity index (χ1) is 1.73. The molecule has 36 valence electrons. The summed E-state index contributed by atoms with van der Waals surface area (Å²) < 4.78 is 0. The Morgan fingerprint density at radius 2 is 1.33 bits per heavy atom. The number of carbonyl (C=O) groups excluding carboxylic acids is 1. The molecule has 0 fully saturated rings. The van der Waals surface area contributed by atoms with E-state index in [1.165, 1.54) is 0 Å². The minimum absolute atomic E-state index is 0. The molecule has 5 heteroatoms. The van der Waals surface area contributed by atoms with Crippen molar-refractivity contribution >= 4 is 29.1 Å². The molecule has 0 spiro atoms. The third kappa shape index (κ3) is 2530000. The van der Waals surface area contributed by atoms with Crippen molar-refractivity contribution in [3.05, 3.63) is 0 Å². The molecule has 0 radical (unpaired) electrons. The molecule has 0 atom stereocenters. The van der Waals surface area contributed by atoms with Gasteiger partial charge >= 0.3 is 29.1 Å². The van der Waals surface area contributed by atoms with E-state index in [-0.39, 0.29) is 28.5 Å². The Balaban J connectivity index is -0.0000000450. The molecular formula is CH8MgN2O2. The highest BCUT2D eigenvalue weighted by Crippen LogP contribution is 1.25. The van der Waals surface area contributed by atoms with Gasteiger partial charge in [0.05, 0.1) is 0 Å². The Bertz CT molecular complexity index is 34.5. The SMILES string of the molecule is NC(N)=O.O.[MgH2]. The molecule has 0 rings (SSSR count). The van der Waals surface area contributed by atoms with Crippen molar-refractivity contribution in [1.29, 1.82) is 0 Å². The van der Waals surface area contributed by atoms with Crippen LogP contribution in [0.25, 0.3) is 0 Å². The van der Waals surface area contributed by atoms with Gasteiger partial charge < -0.3 is 16.9 Å². The Hall–Kier alpha value is -0.00377. The molecule has 4 nitrogen and oxygen atoms in total. The van der Waals surface area contributed by atoms with Gasteiger partial charge in [0.1, 0.15) is 0 Å². The Labute approximate surface area is 51.3 Å². The highest BCUT2D eigenvalue weighted by atomic mass is 24.3. The van der Waals surface area contributed by atoms with Crippen molar-refractivity contribution in [3.8, 4) is 0 Å². The number of rotatable bonds is 0. The maximum absolute atomic E-state index is 9.00. The summed E-state index contributed by atoms with van der Waals surface area (Å²) in [6.45, 7) is 0. The van der Waals surface area contributed by atoms with Crippen molar-refractivity contribution in [2.24, 2.45) is 11.5 Å². The summed E-state index contributed by atoms with van der Waals surface area (Å²) in [5.41, 5.74) is 8.50. The van der Waals surface area contributed by atoms with Crippen LogP contribution < -0.4 is 11.5 Å². The molecule has 0 aromatic carbocycles. The maximum atomic E-state index is 9.00. The molecule has 0 unspecified atom stereocenters. The Morgan fingerprint density at radius 3 is 1.33 bits per heavy atom. The highest BCUT2D eigenvalue weighted by Gasteiger charge is 1.60. The molecule has 0 saturated carbocycles. The lowest BCUT2D eigenvalue weighted by atomic mass is 11.2. The number of nitrogens with two attached hydrogens (primary N) is 2. The first-order valence-electron chi connectivity index (χ1n) is 0.781. The van der Waals surface area contributed by atoms with Crippen LogP contribution in [-0.4, -0.2) is 34.6 Å². The van der Waals surface area contributed by atoms with Crippen molar-refractivity contribution in [2.45, 2.75) is 0 Å². The van der Waals surface area contributed by atoms with Gasteiger partial charge in [-0.1, -0.05) is 0 Å². The van der Waals surface area contributed by atoms with E-state index in [2.05, 4.69) is 11.5 Å². The number of amides is 2. The van der Waals surface area contributed by atoms with Crippen molar-refractivity contribution in [1.82, 2.24) is 0 Å². The van der Waals surface area contributed by atoms with Crippen LogP contribution in [0.5, 0.6) is 0 Å². The van der Waals surface area contributed by atoms with Crippen LogP contribution in [0, 0.1) is 0 Å². The average molecular weight is 104 g/mol. The van der Waals surface area contributed by atoms with Crippen LogP contribution in [0.3, 0.4) is 0 Å². The third-order valence-corrected chi connectivity index (χ3v) is 0. The number of hydrogen-bond donors (Lipinski definition) is 2. The van der Waals surface area contributed by atoms with E-state index in [0.717, 1.165) is 0 Å². The van der Waals surface area contributed by atoms with Gasteiger partial charge in [-0.15, -0.1) is 0 Å². The first kappa shape index (κ1) is 16.7. The van der Waals surface area contributed by atoms with Crippen LogP contribution in [0.1, 0.15) is 0 Å². The van der Waals surface area contributed by atoms with Gasteiger partial charge in [0.15, 0.2) is 0 Å². The van der Waals surface area contributed by atoms with Crippen LogP contribution in [0.2, 0.25) is 0 Å². The predicted octanol–water partition coefficient (Wildman–Crippen LogP) is -2.72. The topological polar surface area (TPSA) is 101 Å². The lowest BCUT2D eigenvalue weighted by Crippen LogP contribution is -2.18. The zero-order chi connectivity index (χ0) is 3.58. The summed E-state index contributed by atoms with van der Waals surface area (Å²) in [4.78, 5) is 9.00. The van der Waals surface area contributed by atoms with Gasteiger partial charge in [-0.2, -0.15) is 0 Å². The third-order valence-electron chi connectivity index (χ3n) is 0. The van der Waals surface area contributed by atoms with Crippen LogP contribution in [0.15, 0.2) is 0 Å². The summed E-state index contributed by atoms with van der Waals surface area (Å²) in [7, 11) is 0. The molecule has 0 heterocycles. The molecule has 6 N–H and O–H groups in total.